The van der Waals surface area contributed by atoms with Crippen molar-refractivity contribution in [3.8, 4) is 28.1 Å². The predicted octanol–water partition coefficient (Wildman–Crippen LogP) is 5.01. The summed E-state index contributed by atoms with van der Waals surface area (Å²) < 4.78 is 23.2. The third-order valence-corrected chi connectivity index (χ3v) is 5.31. The Hall–Kier alpha value is -2.82. The van der Waals surface area contributed by atoms with Crippen LogP contribution in [0.1, 0.15) is 31.7 Å². The first-order valence-electron chi connectivity index (χ1n) is 9.93. The molecule has 2 aromatic carbocycles. The van der Waals surface area contributed by atoms with Gasteiger partial charge in [0.05, 0.1) is 6.61 Å². The number of nitrogens with zero attached hydrogens (tertiary/aromatic N) is 2. The van der Waals surface area contributed by atoms with E-state index < -0.39 is 0 Å². The Balaban J connectivity index is 1.89. The van der Waals surface area contributed by atoms with Crippen LogP contribution >= 0.6 is 0 Å². The summed E-state index contributed by atoms with van der Waals surface area (Å²) >= 11 is 0. The molecular formula is C23H25FN2O2. The van der Waals surface area contributed by atoms with Crippen molar-refractivity contribution in [1.29, 1.82) is 0 Å². The Morgan fingerprint density at radius 2 is 1.68 bits per heavy atom. The molecule has 0 saturated heterocycles. The molecule has 0 bridgehead atoms. The molecule has 0 aliphatic carbocycles. The standard InChI is InChI=1S/C23H25FN2O2/c1-3-14-28-23-21(22(27)25-12-4-5-13-26(23)25)20-15-18(7-6-16(20)2)17-8-10-19(24)11-9-17/h6-11,15H,3-5,12-14H2,1-2H3. The van der Waals surface area contributed by atoms with Gasteiger partial charge >= 0.3 is 0 Å². The van der Waals surface area contributed by atoms with E-state index in [1.807, 2.05) is 34.5 Å². The highest BCUT2D eigenvalue weighted by atomic mass is 19.1. The van der Waals surface area contributed by atoms with Gasteiger partial charge in [-0.2, -0.15) is 0 Å². The molecule has 2 heterocycles. The zero-order valence-electron chi connectivity index (χ0n) is 16.4. The van der Waals surface area contributed by atoms with Gasteiger partial charge in [-0.25, -0.2) is 9.07 Å². The first-order chi connectivity index (χ1) is 13.6. The maximum absolute atomic E-state index is 13.3. The fraction of sp³-hybridized carbons (Fsp3) is 0.348. The number of halogens is 1. The Kier molecular flexibility index (Phi) is 5.07. The average molecular weight is 380 g/mol. The van der Waals surface area contributed by atoms with E-state index in [4.69, 9.17) is 4.74 Å². The Morgan fingerprint density at radius 3 is 2.39 bits per heavy atom. The van der Waals surface area contributed by atoms with E-state index in [0.29, 0.717) is 18.1 Å². The van der Waals surface area contributed by atoms with E-state index in [0.717, 1.165) is 54.6 Å². The lowest BCUT2D eigenvalue weighted by atomic mass is 9.96. The molecule has 1 aliphatic heterocycles. The van der Waals surface area contributed by atoms with Crippen molar-refractivity contribution in [1.82, 2.24) is 9.36 Å². The van der Waals surface area contributed by atoms with Gasteiger partial charge in [0.25, 0.3) is 5.56 Å². The number of hydrogen-bond acceptors (Lipinski definition) is 2. The smallest absolute Gasteiger partial charge is 0.278 e. The zero-order valence-corrected chi connectivity index (χ0v) is 16.4. The third kappa shape index (κ3) is 3.26. The van der Waals surface area contributed by atoms with Crippen molar-refractivity contribution < 1.29 is 9.13 Å². The molecule has 0 unspecified atom stereocenters. The van der Waals surface area contributed by atoms with E-state index in [9.17, 15) is 9.18 Å². The van der Waals surface area contributed by atoms with E-state index in [2.05, 4.69) is 6.92 Å². The van der Waals surface area contributed by atoms with Crippen LogP contribution in [0.15, 0.2) is 47.3 Å². The van der Waals surface area contributed by atoms with Crippen molar-refractivity contribution in [2.75, 3.05) is 6.61 Å². The predicted molar refractivity (Wildman–Crippen MR) is 109 cm³/mol. The van der Waals surface area contributed by atoms with Gasteiger partial charge in [-0.05, 0) is 66.6 Å². The molecule has 4 nitrogen and oxygen atoms in total. The number of aromatic nitrogens is 2. The second-order valence-corrected chi connectivity index (χ2v) is 7.32. The molecule has 0 saturated carbocycles. The maximum Gasteiger partial charge on any atom is 0.278 e. The van der Waals surface area contributed by atoms with Crippen LogP contribution in [-0.4, -0.2) is 16.0 Å². The van der Waals surface area contributed by atoms with Crippen LogP contribution < -0.4 is 10.3 Å². The van der Waals surface area contributed by atoms with Crippen molar-refractivity contribution in [2.45, 2.75) is 46.2 Å². The number of fused-ring (bicyclic) bond motifs is 1. The summed E-state index contributed by atoms with van der Waals surface area (Å²) in [5, 5.41) is 0. The second kappa shape index (κ2) is 7.66. The lowest BCUT2D eigenvalue weighted by molar-refractivity contribution is 0.252. The number of benzene rings is 2. The summed E-state index contributed by atoms with van der Waals surface area (Å²) in [5.74, 6) is 0.413. The molecular weight excluding hydrogens is 355 g/mol. The van der Waals surface area contributed by atoms with Crippen molar-refractivity contribution in [3.63, 3.8) is 0 Å². The second-order valence-electron chi connectivity index (χ2n) is 7.32. The van der Waals surface area contributed by atoms with Gasteiger partial charge in [0, 0.05) is 13.1 Å². The molecule has 3 aromatic rings. The molecule has 0 fully saturated rings. The highest BCUT2D eigenvalue weighted by molar-refractivity contribution is 5.77. The first-order valence-corrected chi connectivity index (χ1v) is 9.93. The van der Waals surface area contributed by atoms with Gasteiger partial charge in [-0.3, -0.25) is 9.48 Å². The molecule has 1 aliphatic rings. The Bertz CT molecular complexity index is 1050. The van der Waals surface area contributed by atoms with Crippen LogP contribution in [0.25, 0.3) is 22.3 Å². The summed E-state index contributed by atoms with van der Waals surface area (Å²) in [4.78, 5) is 13.3. The topological polar surface area (TPSA) is 36.2 Å². The lowest BCUT2D eigenvalue weighted by Gasteiger charge is -2.19. The van der Waals surface area contributed by atoms with Crippen molar-refractivity contribution in [3.05, 3.63) is 64.2 Å². The van der Waals surface area contributed by atoms with Gasteiger partial charge in [-0.15, -0.1) is 0 Å². The summed E-state index contributed by atoms with van der Waals surface area (Å²) in [6.07, 6.45) is 2.93. The molecule has 0 atom stereocenters. The molecule has 0 amide bonds. The van der Waals surface area contributed by atoms with Gasteiger partial charge in [-0.1, -0.05) is 31.2 Å². The Morgan fingerprint density at radius 1 is 1.00 bits per heavy atom. The molecule has 146 valence electrons. The number of hydrogen-bond donors (Lipinski definition) is 0. The summed E-state index contributed by atoms with van der Waals surface area (Å²) in [6.45, 7) is 6.16. The van der Waals surface area contributed by atoms with E-state index >= 15 is 0 Å². The molecule has 28 heavy (non-hydrogen) atoms. The number of rotatable bonds is 5. The quantitative estimate of drug-likeness (QED) is 0.623. The van der Waals surface area contributed by atoms with E-state index in [-0.39, 0.29) is 11.4 Å². The molecule has 0 N–H and O–H groups in total. The molecule has 1 aromatic heterocycles. The van der Waals surface area contributed by atoms with Crippen LogP contribution in [-0.2, 0) is 13.1 Å². The minimum absolute atomic E-state index is 0.00478. The van der Waals surface area contributed by atoms with Crippen molar-refractivity contribution in [2.24, 2.45) is 0 Å². The third-order valence-electron chi connectivity index (χ3n) is 5.31. The van der Waals surface area contributed by atoms with E-state index in [1.54, 1.807) is 12.1 Å². The Labute approximate surface area is 164 Å². The largest absolute Gasteiger partial charge is 0.477 e. The highest BCUT2D eigenvalue weighted by Gasteiger charge is 2.25. The molecule has 0 radical (unpaired) electrons. The molecule has 4 rings (SSSR count). The van der Waals surface area contributed by atoms with Crippen LogP contribution in [0.2, 0.25) is 0 Å². The number of aryl methyl sites for hydroxylation is 1. The summed E-state index contributed by atoms with van der Waals surface area (Å²) in [7, 11) is 0. The van der Waals surface area contributed by atoms with Crippen molar-refractivity contribution >= 4 is 0 Å². The number of ether oxygens (including phenoxy) is 1. The molecule has 5 heteroatoms. The summed E-state index contributed by atoms with van der Waals surface area (Å²) in [5.41, 5.74) is 4.42. The first kappa shape index (κ1) is 18.5. The van der Waals surface area contributed by atoms with Crippen LogP contribution in [0.5, 0.6) is 5.88 Å². The normalized spacial score (nSPS) is 13.4. The average Bonchev–Trinajstić information content (AvgIpc) is 2.99. The van der Waals surface area contributed by atoms with E-state index in [1.165, 1.54) is 12.1 Å². The lowest BCUT2D eigenvalue weighted by Crippen LogP contribution is -2.27. The van der Waals surface area contributed by atoms with Gasteiger partial charge in [0.15, 0.2) is 0 Å². The summed E-state index contributed by atoms with van der Waals surface area (Å²) in [6, 6.07) is 12.5. The molecule has 0 spiro atoms. The van der Waals surface area contributed by atoms with Gasteiger partial charge < -0.3 is 4.74 Å². The minimum Gasteiger partial charge on any atom is -0.477 e. The maximum atomic E-state index is 13.3. The fourth-order valence-corrected chi connectivity index (χ4v) is 3.83. The van der Waals surface area contributed by atoms with Crippen LogP contribution in [0.4, 0.5) is 4.39 Å². The monoisotopic (exact) mass is 380 g/mol. The van der Waals surface area contributed by atoms with Gasteiger partial charge in [0.1, 0.15) is 11.4 Å². The minimum atomic E-state index is -0.260. The highest BCUT2D eigenvalue weighted by Crippen LogP contribution is 2.34. The fourth-order valence-electron chi connectivity index (χ4n) is 3.83. The zero-order chi connectivity index (χ0) is 19.7. The SMILES string of the molecule is CCCOc1c(-c2cc(-c3ccc(F)cc3)ccc2C)c(=O)n2n1CCCC2. The van der Waals surface area contributed by atoms with Gasteiger partial charge in [0.2, 0.25) is 5.88 Å². The van der Waals surface area contributed by atoms with Crippen LogP contribution in [0.3, 0.4) is 0 Å². The van der Waals surface area contributed by atoms with Crippen LogP contribution in [0, 0.1) is 12.7 Å².